The summed E-state index contributed by atoms with van der Waals surface area (Å²) in [5.41, 5.74) is 2.06. The summed E-state index contributed by atoms with van der Waals surface area (Å²) in [4.78, 5) is 21.5. The van der Waals surface area contributed by atoms with E-state index in [-0.39, 0.29) is 6.03 Å². The van der Waals surface area contributed by atoms with Crippen LogP contribution in [0, 0.1) is 0 Å². The first-order valence-electron chi connectivity index (χ1n) is 9.32. The minimum atomic E-state index is 0.0213. The van der Waals surface area contributed by atoms with Crippen LogP contribution in [0.15, 0.2) is 24.3 Å². The van der Waals surface area contributed by atoms with Gasteiger partial charge < -0.3 is 14.8 Å². The van der Waals surface area contributed by atoms with Crippen molar-refractivity contribution in [1.82, 2.24) is 24.7 Å². The van der Waals surface area contributed by atoms with Gasteiger partial charge in [-0.25, -0.2) is 9.78 Å². The summed E-state index contributed by atoms with van der Waals surface area (Å²) in [5.74, 6) is 0.885. The third-order valence-corrected chi connectivity index (χ3v) is 5.75. The van der Waals surface area contributed by atoms with Gasteiger partial charge in [-0.15, -0.1) is 0 Å². The van der Waals surface area contributed by atoms with Crippen molar-refractivity contribution in [3.63, 3.8) is 0 Å². The van der Waals surface area contributed by atoms with E-state index in [4.69, 9.17) is 0 Å². The molecule has 2 fully saturated rings. The number of hydrogen-bond acceptors (Lipinski definition) is 3. The van der Waals surface area contributed by atoms with E-state index < -0.39 is 0 Å². The van der Waals surface area contributed by atoms with Crippen molar-refractivity contribution in [2.24, 2.45) is 7.05 Å². The second-order valence-corrected chi connectivity index (χ2v) is 7.38. The highest BCUT2D eigenvalue weighted by atomic mass is 16.2. The Morgan fingerprint density at radius 2 is 2.08 bits per heavy atom. The zero-order chi connectivity index (χ0) is 17.4. The lowest BCUT2D eigenvalue weighted by Crippen LogP contribution is -2.65. The van der Waals surface area contributed by atoms with Crippen LogP contribution in [0.4, 0.5) is 4.79 Å². The number of nitrogens with zero attached hydrogens (tertiary/aromatic N) is 4. The molecule has 4 rings (SSSR count). The summed E-state index contributed by atoms with van der Waals surface area (Å²) in [5, 5.41) is 3.02. The number of rotatable bonds is 3. The van der Waals surface area contributed by atoms with Crippen molar-refractivity contribution in [1.29, 1.82) is 0 Å². The summed E-state index contributed by atoms with van der Waals surface area (Å²) >= 11 is 0. The molecule has 1 aromatic carbocycles. The number of imidazole rings is 1. The summed E-state index contributed by atoms with van der Waals surface area (Å²) in [6.45, 7) is 5.65. The van der Waals surface area contributed by atoms with E-state index in [1.54, 1.807) is 0 Å². The first-order valence-corrected chi connectivity index (χ1v) is 9.32. The number of urea groups is 1. The number of amides is 2. The van der Waals surface area contributed by atoms with Gasteiger partial charge in [0.2, 0.25) is 0 Å². The van der Waals surface area contributed by atoms with E-state index in [2.05, 4.69) is 22.1 Å². The lowest BCUT2D eigenvalue weighted by atomic mass is 9.98. The number of likely N-dealkylation sites (tertiary alicyclic amines) is 2. The fourth-order valence-corrected chi connectivity index (χ4v) is 4.11. The highest BCUT2D eigenvalue weighted by Gasteiger charge is 2.37. The third kappa shape index (κ3) is 3.11. The molecule has 0 unspecified atom stereocenters. The minimum absolute atomic E-state index is 0.0213. The van der Waals surface area contributed by atoms with Gasteiger partial charge in [0.25, 0.3) is 0 Å². The molecule has 25 heavy (non-hydrogen) atoms. The predicted molar refractivity (Wildman–Crippen MR) is 98.3 cm³/mol. The molecule has 0 spiro atoms. The van der Waals surface area contributed by atoms with Crippen LogP contribution in [0.2, 0.25) is 0 Å². The Balaban J connectivity index is 1.30. The van der Waals surface area contributed by atoms with Crippen molar-refractivity contribution < 1.29 is 4.79 Å². The highest BCUT2D eigenvalue weighted by Crippen LogP contribution is 2.24. The van der Waals surface area contributed by atoms with Gasteiger partial charge in [-0.1, -0.05) is 18.6 Å². The number of benzene rings is 1. The average molecular weight is 341 g/mol. The summed E-state index contributed by atoms with van der Waals surface area (Å²) in [6, 6.07) is 9.26. The number of aryl methyl sites for hydroxylation is 1. The quantitative estimate of drug-likeness (QED) is 0.932. The standard InChI is InChI=1S/C19H27N5O/c1-14-7-5-6-10-24(14)15-12-23(13-15)19(25)20-11-18-21-16-8-3-4-9-17(16)22(18)2/h3-4,8-9,14-15H,5-7,10-13H2,1-2H3,(H,20,25)/t14-/m1/s1. The molecular weight excluding hydrogens is 314 g/mol. The van der Waals surface area contributed by atoms with Crippen LogP contribution in [0.3, 0.4) is 0 Å². The Kier molecular flexibility index (Phi) is 4.37. The first kappa shape index (κ1) is 16.4. The summed E-state index contributed by atoms with van der Waals surface area (Å²) in [6.07, 6.45) is 3.92. The fourth-order valence-electron chi connectivity index (χ4n) is 4.11. The Morgan fingerprint density at radius 3 is 2.84 bits per heavy atom. The van der Waals surface area contributed by atoms with Crippen LogP contribution in [0.5, 0.6) is 0 Å². The van der Waals surface area contributed by atoms with Crippen molar-refractivity contribution in [3.8, 4) is 0 Å². The Hall–Kier alpha value is -2.08. The zero-order valence-corrected chi connectivity index (χ0v) is 15.1. The monoisotopic (exact) mass is 341 g/mol. The first-order chi connectivity index (χ1) is 12.1. The Morgan fingerprint density at radius 1 is 1.28 bits per heavy atom. The third-order valence-electron chi connectivity index (χ3n) is 5.75. The second kappa shape index (κ2) is 6.67. The number of aromatic nitrogens is 2. The van der Waals surface area contributed by atoms with Crippen LogP contribution in [0.1, 0.15) is 32.0 Å². The number of hydrogen-bond donors (Lipinski definition) is 1. The predicted octanol–water partition coefficient (Wildman–Crippen LogP) is 2.34. The molecule has 1 atom stereocenters. The van der Waals surface area contributed by atoms with Gasteiger partial charge in [0.05, 0.1) is 17.6 Å². The number of fused-ring (bicyclic) bond motifs is 1. The molecule has 1 aromatic heterocycles. The maximum atomic E-state index is 12.4. The Labute approximate surface area is 148 Å². The number of para-hydroxylation sites is 2. The van der Waals surface area contributed by atoms with Crippen molar-refractivity contribution in [3.05, 3.63) is 30.1 Å². The highest BCUT2D eigenvalue weighted by molar-refractivity contribution is 5.77. The molecule has 2 aromatic rings. The minimum Gasteiger partial charge on any atom is -0.331 e. The van der Waals surface area contributed by atoms with Crippen molar-refractivity contribution in [2.75, 3.05) is 19.6 Å². The van der Waals surface area contributed by atoms with Crippen LogP contribution in [-0.2, 0) is 13.6 Å². The van der Waals surface area contributed by atoms with Gasteiger partial charge >= 0.3 is 6.03 Å². The fraction of sp³-hybridized carbons (Fsp3) is 0.579. The number of carbonyl (C=O) groups excluding carboxylic acids is 1. The van der Waals surface area contributed by atoms with Crippen LogP contribution >= 0.6 is 0 Å². The smallest absolute Gasteiger partial charge is 0.317 e. The molecule has 2 aliphatic heterocycles. The lowest BCUT2D eigenvalue weighted by Gasteiger charge is -2.49. The molecule has 1 N–H and O–H groups in total. The molecule has 2 saturated heterocycles. The Bertz CT molecular complexity index is 764. The molecule has 2 amide bonds. The molecule has 134 valence electrons. The van der Waals surface area contributed by atoms with E-state index >= 15 is 0 Å². The van der Waals surface area contributed by atoms with E-state index in [0.717, 1.165) is 29.9 Å². The van der Waals surface area contributed by atoms with Gasteiger partial charge in [0, 0.05) is 32.2 Å². The van der Waals surface area contributed by atoms with Gasteiger partial charge in [-0.2, -0.15) is 0 Å². The van der Waals surface area contributed by atoms with Gasteiger partial charge in [0.15, 0.2) is 0 Å². The number of piperidine rings is 1. The molecular formula is C19H27N5O. The van der Waals surface area contributed by atoms with Gasteiger partial charge in [-0.05, 0) is 38.4 Å². The van der Waals surface area contributed by atoms with Crippen molar-refractivity contribution >= 4 is 17.1 Å². The van der Waals surface area contributed by atoms with Crippen LogP contribution in [0.25, 0.3) is 11.0 Å². The van der Waals surface area contributed by atoms with Crippen LogP contribution < -0.4 is 5.32 Å². The van der Waals surface area contributed by atoms with E-state index in [1.165, 1.54) is 25.8 Å². The normalized spacial score (nSPS) is 22.2. The number of nitrogens with one attached hydrogen (secondary N) is 1. The molecule has 0 bridgehead atoms. The molecule has 6 nitrogen and oxygen atoms in total. The van der Waals surface area contributed by atoms with E-state index in [0.29, 0.717) is 18.6 Å². The second-order valence-electron chi connectivity index (χ2n) is 7.38. The molecule has 0 saturated carbocycles. The van der Waals surface area contributed by atoms with Crippen molar-refractivity contribution in [2.45, 2.75) is 44.8 Å². The molecule has 0 radical (unpaired) electrons. The average Bonchev–Trinajstić information content (AvgIpc) is 2.90. The zero-order valence-electron chi connectivity index (χ0n) is 15.1. The molecule has 2 aliphatic rings. The van der Waals surface area contributed by atoms with Crippen LogP contribution in [-0.4, -0.2) is 57.1 Å². The largest absolute Gasteiger partial charge is 0.331 e. The molecule has 3 heterocycles. The SMILES string of the molecule is C[C@@H]1CCCCN1C1CN(C(=O)NCc2nc3ccccc3n2C)C1. The molecule has 0 aliphatic carbocycles. The summed E-state index contributed by atoms with van der Waals surface area (Å²) < 4.78 is 2.05. The van der Waals surface area contributed by atoms with E-state index in [1.807, 2.05) is 40.8 Å². The molecule has 6 heteroatoms. The summed E-state index contributed by atoms with van der Waals surface area (Å²) in [7, 11) is 1.99. The maximum absolute atomic E-state index is 12.4. The maximum Gasteiger partial charge on any atom is 0.317 e. The van der Waals surface area contributed by atoms with E-state index in [9.17, 15) is 4.79 Å². The lowest BCUT2D eigenvalue weighted by molar-refractivity contribution is 0.0168. The number of carbonyl (C=O) groups is 1. The topological polar surface area (TPSA) is 53.4 Å². The van der Waals surface area contributed by atoms with Gasteiger partial charge in [0.1, 0.15) is 5.82 Å². The van der Waals surface area contributed by atoms with Gasteiger partial charge in [-0.3, -0.25) is 4.90 Å².